The van der Waals surface area contributed by atoms with Crippen LogP contribution in [0.25, 0.3) is 11.3 Å². The van der Waals surface area contributed by atoms with Gasteiger partial charge in [0.15, 0.2) is 0 Å². The molecule has 0 saturated heterocycles. The maximum absolute atomic E-state index is 5.50. The van der Waals surface area contributed by atoms with Gasteiger partial charge in [0.1, 0.15) is 23.7 Å². The lowest BCUT2D eigenvalue weighted by atomic mass is 10.2. The van der Waals surface area contributed by atoms with E-state index in [9.17, 15) is 0 Å². The molecule has 0 fully saturated rings. The van der Waals surface area contributed by atoms with Crippen molar-refractivity contribution in [3.63, 3.8) is 0 Å². The maximum atomic E-state index is 5.50. The summed E-state index contributed by atoms with van der Waals surface area (Å²) in [5.74, 6) is 0.883. The van der Waals surface area contributed by atoms with E-state index in [4.69, 9.17) is 4.74 Å². The zero-order valence-electron chi connectivity index (χ0n) is 14.0. The fourth-order valence-electron chi connectivity index (χ4n) is 2.52. The van der Waals surface area contributed by atoms with Crippen molar-refractivity contribution in [3.05, 3.63) is 71.0 Å². The van der Waals surface area contributed by atoms with Crippen LogP contribution in [0, 0.1) is 0 Å². The van der Waals surface area contributed by atoms with Crippen molar-refractivity contribution in [2.45, 2.75) is 13.5 Å². The number of benzene rings is 2. The number of halogens is 1. The van der Waals surface area contributed by atoms with Crippen LogP contribution in [-0.4, -0.2) is 6.61 Å². The molecule has 0 aliphatic carbocycles. The molecule has 0 saturated carbocycles. The van der Waals surface area contributed by atoms with E-state index in [-0.39, 0.29) is 0 Å². The van der Waals surface area contributed by atoms with Gasteiger partial charge >= 0.3 is 5.13 Å². The van der Waals surface area contributed by atoms with Gasteiger partial charge in [-0.05, 0) is 55.5 Å². The lowest BCUT2D eigenvalue weighted by molar-refractivity contribution is -0.657. The summed E-state index contributed by atoms with van der Waals surface area (Å²) in [6.07, 6.45) is 1.92. The standard InChI is InChI=1S/C20H19BrN2OS/c1-3-13-23-19(15-5-7-16(21)8-6-15)14-25-20(23)22-17-9-11-18(12-10-17)24-4-2/h3,5-12,14H,1,4,13H2,2H3/p+1. The van der Waals surface area contributed by atoms with Crippen molar-refractivity contribution in [2.24, 2.45) is 0 Å². The number of anilines is 2. The highest BCUT2D eigenvalue weighted by molar-refractivity contribution is 9.10. The number of rotatable bonds is 7. The van der Waals surface area contributed by atoms with Crippen LogP contribution in [0.3, 0.4) is 0 Å². The van der Waals surface area contributed by atoms with E-state index in [1.54, 1.807) is 11.3 Å². The smallest absolute Gasteiger partial charge is 0.339 e. The summed E-state index contributed by atoms with van der Waals surface area (Å²) in [5.41, 5.74) is 3.39. The van der Waals surface area contributed by atoms with Crippen molar-refractivity contribution in [1.82, 2.24) is 0 Å². The van der Waals surface area contributed by atoms with Gasteiger partial charge < -0.3 is 4.74 Å². The minimum Gasteiger partial charge on any atom is -0.494 e. The molecule has 0 spiro atoms. The van der Waals surface area contributed by atoms with Crippen molar-refractivity contribution < 1.29 is 9.30 Å². The molecule has 3 aromatic rings. The molecule has 1 N–H and O–H groups in total. The van der Waals surface area contributed by atoms with Crippen molar-refractivity contribution in [2.75, 3.05) is 11.9 Å². The van der Waals surface area contributed by atoms with E-state index >= 15 is 0 Å². The van der Waals surface area contributed by atoms with Gasteiger partial charge in [0.25, 0.3) is 0 Å². The molecule has 3 rings (SSSR count). The largest absolute Gasteiger partial charge is 0.494 e. The Morgan fingerprint density at radius 1 is 1.16 bits per heavy atom. The second-order valence-corrected chi connectivity index (χ2v) is 7.19. The van der Waals surface area contributed by atoms with E-state index in [1.807, 2.05) is 37.3 Å². The summed E-state index contributed by atoms with van der Waals surface area (Å²) < 4.78 is 8.81. The number of ether oxygens (including phenoxy) is 1. The monoisotopic (exact) mass is 415 g/mol. The summed E-state index contributed by atoms with van der Waals surface area (Å²) in [5, 5.41) is 6.74. The Labute approximate surface area is 160 Å². The molecule has 0 radical (unpaired) electrons. The molecule has 128 valence electrons. The SMILES string of the molecule is C=CC[n+]1c(-c2ccc(Br)cc2)csc1Nc1ccc(OCC)cc1. The highest BCUT2D eigenvalue weighted by Crippen LogP contribution is 2.27. The first kappa shape index (κ1) is 17.7. The summed E-state index contributed by atoms with van der Waals surface area (Å²) in [6.45, 7) is 7.30. The quantitative estimate of drug-likeness (QED) is 0.389. The Bertz CT molecular complexity index is 841. The zero-order valence-corrected chi connectivity index (χ0v) is 16.4. The first-order valence-corrected chi connectivity index (χ1v) is 9.76. The second kappa shape index (κ2) is 8.32. The van der Waals surface area contributed by atoms with E-state index in [0.29, 0.717) is 6.61 Å². The number of nitrogens with one attached hydrogen (secondary N) is 1. The predicted molar refractivity (Wildman–Crippen MR) is 109 cm³/mol. The average molecular weight is 416 g/mol. The Hall–Kier alpha value is -2.11. The van der Waals surface area contributed by atoms with Gasteiger partial charge in [-0.25, -0.2) is 9.88 Å². The number of nitrogens with zero attached hydrogens (tertiary/aromatic N) is 1. The van der Waals surface area contributed by atoms with Gasteiger partial charge in [-0.2, -0.15) is 0 Å². The molecule has 3 nitrogen and oxygen atoms in total. The number of hydrogen-bond acceptors (Lipinski definition) is 3. The van der Waals surface area contributed by atoms with Gasteiger partial charge in [-0.1, -0.05) is 39.9 Å². The van der Waals surface area contributed by atoms with Gasteiger partial charge in [-0.3, -0.25) is 0 Å². The summed E-state index contributed by atoms with van der Waals surface area (Å²) in [7, 11) is 0. The first-order chi connectivity index (χ1) is 12.2. The number of hydrogen-bond donors (Lipinski definition) is 1. The Morgan fingerprint density at radius 3 is 2.52 bits per heavy atom. The van der Waals surface area contributed by atoms with Gasteiger partial charge in [0.05, 0.1) is 6.61 Å². The predicted octanol–water partition coefficient (Wildman–Crippen LogP) is 5.79. The molecule has 0 unspecified atom stereocenters. The minimum absolute atomic E-state index is 0.674. The molecule has 1 aromatic heterocycles. The molecule has 25 heavy (non-hydrogen) atoms. The Morgan fingerprint density at radius 2 is 1.88 bits per heavy atom. The van der Waals surface area contributed by atoms with Crippen LogP contribution in [0.4, 0.5) is 10.8 Å². The molecule has 0 atom stereocenters. The maximum Gasteiger partial charge on any atom is 0.339 e. The van der Waals surface area contributed by atoms with E-state index in [1.165, 1.54) is 11.3 Å². The van der Waals surface area contributed by atoms with Crippen molar-refractivity contribution in [1.29, 1.82) is 0 Å². The van der Waals surface area contributed by atoms with E-state index in [0.717, 1.165) is 27.6 Å². The molecule has 0 aliphatic rings. The number of allylic oxidation sites excluding steroid dienone is 1. The highest BCUT2D eigenvalue weighted by Gasteiger charge is 2.18. The molecule has 1 heterocycles. The number of aromatic nitrogens is 1. The van der Waals surface area contributed by atoms with Crippen LogP contribution in [0.15, 0.2) is 71.0 Å². The molecule has 0 bridgehead atoms. The fourth-order valence-corrected chi connectivity index (χ4v) is 3.75. The van der Waals surface area contributed by atoms with Crippen LogP contribution in [0.2, 0.25) is 0 Å². The van der Waals surface area contributed by atoms with Crippen molar-refractivity contribution >= 4 is 38.1 Å². The first-order valence-electron chi connectivity index (χ1n) is 8.09. The molecule has 5 heteroatoms. The Kier molecular flexibility index (Phi) is 5.89. The molecule has 0 amide bonds. The van der Waals surface area contributed by atoms with Gasteiger partial charge in [0.2, 0.25) is 0 Å². The third-order valence-electron chi connectivity index (χ3n) is 3.69. The summed E-state index contributed by atoms with van der Waals surface area (Å²) in [6, 6.07) is 16.4. The minimum atomic E-state index is 0.674. The van der Waals surface area contributed by atoms with Crippen molar-refractivity contribution in [3.8, 4) is 17.0 Å². The van der Waals surface area contributed by atoms with E-state index in [2.05, 4.69) is 62.0 Å². The topological polar surface area (TPSA) is 25.1 Å². The van der Waals surface area contributed by atoms with Gasteiger partial charge in [0, 0.05) is 15.4 Å². The highest BCUT2D eigenvalue weighted by atomic mass is 79.9. The average Bonchev–Trinajstić information content (AvgIpc) is 3.01. The molecular weight excluding hydrogens is 396 g/mol. The van der Waals surface area contributed by atoms with Crippen LogP contribution < -0.4 is 14.6 Å². The van der Waals surface area contributed by atoms with Gasteiger partial charge in [-0.15, -0.1) is 0 Å². The number of thiazole rings is 1. The van der Waals surface area contributed by atoms with Crippen LogP contribution in [0.5, 0.6) is 5.75 Å². The Balaban J connectivity index is 1.88. The second-order valence-electron chi connectivity index (χ2n) is 5.41. The third-order valence-corrected chi connectivity index (χ3v) is 5.10. The van der Waals surface area contributed by atoms with Crippen LogP contribution >= 0.6 is 27.3 Å². The van der Waals surface area contributed by atoms with Crippen LogP contribution in [0.1, 0.15) is 6.92 Å². The zero-order chi connectivity index (χ0) is 17.6. The normalized spacial score (nSPS) is 10.5. The molecule has 2 aromatic carbocycles. The lowest BCUT2D eigenvalue weighted by Gasteiger charge is -2.05. The lowest BCUT2D eigenvalue weighted by Crippen LogP contribution is -2.35. The fraction of sp³-hybridized carbons (Fsp3) is 0.150. The summed E-state index contributed by atoms with van der Waals surface area (Å²) in [4.78, 5) is 0. The molecule has 0 aliphatic heterocycles. The van der Waals surface area contributed by atoms with Crippen LogP contribution in [-0.2, 0) is 6.54 Å². The van der Waals surface area contributed by atoms with E-state index < -0.39 is 0 Å². The molecular formula is C20H20BrN2OS+. The summed E-state index contributed by atoms with van der Waals surface area (Å²) >= 11 is 5.18. The third kappa shape index (κ3) is 4.30.